The van der Waals surface area contributed by atoms with Gasteiger partial charge in [-0.3, -0.25) is 14.5 Å². The molecule has 1 saturated heterocycles. The van der Waals surface area contributed by atoms with Gasteiger partial charge in [-0.05, 0) is 36.4 Å². The summed E-state index contributed by atoms with van der Waals surface area (Å²) >= 11 is 0. The first-order chi connectivity index (χ1) is 11.6. The maximum Gasteiger partial charge on any atom is 0.289 e. The van der Waals surface area contributed by atoms with E-state index < -0.39 is 0 Å². The molecule has 0 aliphatic carbocycles. The second-order valence-electron chi connectivity index (χ2n) is 5.91. The molecule has 6 nitrogen and oxygen atoms in total. The number of ketones is 1. The number of anilines is 1. The highest BCUT2D eigenvalue weighted by Gasteiger charge is 2.23. The Morgan fingerprint density at radius 2 is 1.75 bits per heavy atom. The molecule has 2 N–H and O–H groups in total. The van der Waals surface area contributed by atoms with Crippen LogP contribution in [0.2, 0.25) is 0 Å². The molecule has 0 radical (unpaired) electrons. The number of carbonyl (C=O) groups excluding carboxylic acids is 2. The Bertz CT molecular complexity index is 687. The average molecular weight is 327 g/mol. The Balaban J connectivity index is 1.45. The molecule has 1 aromatic carbocycles. The Morgan fingerprint density at radius 3 is 2.38 bits per heavy atom. The molecule has 0 spiro atoms. The molecule has 1 aliphatic heterocycles. The lowest BCUT2D eigenvalue weighted by Gasteiger charge is -2.34. The number of piperazine rings is 1. The summed E-state index contributed by atoms with van der Waals surface area (Å²) in [6, 6.07) is 10.4. The molecule has 1 aromatic heterocycles. The zero-order valence-corrected chi connectivity index (χ0v) is 13.5. The fraction of sp³-hybridized carbons (Fsp3) is 0.333. The zero-order valence-electron chi connectivity index (χ0n) is 13.5. The van der Waals surface area contributed by atoms with Gasteiger partial charge in [0.15, 0.2) is 11.5 Å². The number of carbonyl (C=O) groups is 2. The fourth-order valence-electron chi connectivity index (χ4n) is 2.80. The second kappa shape index (κ2) is 7.31. The normalized spacial score (nSPS) is 15.4. The molecule has 0 saturated carbocycles. The van der Waals surface area contributed by atoms with Crippen LogP contribution < -0.4 is 5.73 Å². The van der Waals surface area contributed by atoms with E-state index in [0.29, 0.717) is 43.1 Å². The van der Waals surface area contributed by atoms with E-state index in [0.717, 1.165) is 13.1 Å². The van der Waals surface area contributed by atoms with E-state index >= 15 is 0 Å². The molecular formula is C18H21N3O3. The van der Waals surface area contributed by atoms with Crippen molar-refractivity contribution in [2.24, 2.45) is 0 Å². The molecule has 0 bridgehead atoms. The first-order valence-electron chi connectivity index (χ1n) is 8.07. The highest BCUT2D eigenvalue weighted by Crippen LogP contribution is 2.11. The second-order valence-corrected chi connectivity index (χ2v) is 5.91. The van der Waals surface area contributed by atoms with E-state index in [4.69, 9.17) is 10.2 Å². The van der Waals surface area contributed by atoms with E-state index in [1.807, 2.05) is 0 Å². The van der Waals surface area contributed by atoms with Gasteiger partial charge in [0.25, 0.3) is 5.91 Å². The van der Waals surface area contributed by atoms with Gasteiger partial charge in [-0.15, -0.1) is 0 Å². The third kappa shape index (κ3) is 3.83. The Kier molecular flexibility index (Phi) is 4.96. The van der Waals surface area contributed by atoms with Crippen LogP contribution in [0.25, 0.3) is 0 Å². The summed E-state index contributed by atoms with van der Waals surface area (Å²) < 4.78 is 5.15. The predicted molar refractivity (Wildman–Crippen MR) is 90.9 cm³/mol. The highest BCUT2D eigenvalue weighted by atomic mass is 16.3. The van der Waals surface area contributed by atoms with Gasteiger partial charge in [-0.2, -0.15) is 0 Å². The van der Waals surface area contributed by atoms with E-state index in [9.17, 15) is 9.59 Å². The van der Waals surface area contributed by atoms with Gasteiger partial charge in [0.2, 0.25) is 0 Å². The Hall–Kier alpha value is -2.60. The number of furan rings is 1. The van der Waals surface area contributed by atoms with Crippen molar-refractivity contribution in [3.8, 4) is 0 Å². The molecule has 0 atom stereocenters. The van der Waals surface area contributed by atoms with Crippen molar-refractivity contribution in [2.75, 3.05) is 38.5 Å². The van der Waals surface area contributed by atoms with Crippen LogP contribution in [0.15, 0.2) is 47.1 Å². The molecule has 24 heavy (non-hydrogen) atoms. The number of benzene rings is 1. The van der Waals surface area contributed by atoms with Crippen LogP contribution in [0.4, 0.5) is 5.69 Å². The molecule has 1 aliphatic rings. The third-order valence-electron chi connectivity index (χ3n) is 4.28. The van der Waals surface area contributed by atoms with Gasteiger partial charge in [-0.25, -0.2) is 0 Å². The van der Waals surface area contributed by atoms with Crippen molar-refractivity contribution in [1.82, 2.24) is 9.80 Å². The molecule has 2 aromatic rings. The Morgan fingerprint density at radius 1 is 1.04 bits per heavy atom. The molecule has 2 heterocycles. The summed E-state index contributed by atoms with van der Waals surface area (Å²) in [5, 5.41) is 0. The van der Waals surface area contributed by atoms with Crippen molar-refractivity contribution in [3.05, 3.63) is 54.0 Å². The SMILES string of the molecule is Nc1ccc(C(=O)CCN2CCN(C(=O)c3ccco3)CC2)cc1. The van der Waals surface area contributed by atoms with Crippen LogP contribution in [0.5, 0.6) is 0 Å². The minimum Gasteiger partial charge on any atom is -0.459 e. The molecular weight excluding hydrogens is 306 g/mol. The van der Waals surface area contributed by atoms with Crippen LogP contribution in [0.1, 0.15) is 27.3 Å². The number of hydrogen-bond acceptors (Lipinski definition) is 5. The van der Waals surface area contributed by atoms with Gasteiger partial charge in [-0.1, -0.05) is 0 Å². The van der Waals surface area contributed by atoms with Gasteiger partial charge in [0.1, 0.15) is 0 Å². The quantitative estimate of drug-likeness (QED) is 0.670. The lowest BCUT2D eigenvalue weighted by Crippen LogP contribution is -2.49. The third-order valence-corrected chi connectivity index (χ3v) is 4.28. The number of Topliss-reactive ketones (excluding diaryl/α,β-unsaturated/α-hetero) is 1. The molecule has 6 heteroatoms. The lowest BCUT2D eigenvalue weighted by atomic mass is 10.1. The zero-order chi connectivity index (χ0) is 16.9. The van der Waals surface area contributed by atoms with Gasteiger partial charge >= 0.3 is 0 Å². The lowest BCUT2D eigenvalue weighted by molar-refractivity contribution is 0.0599. The molecule has 1 fully saturated rings. The van der Waals surface area contributed by atoms with Crippen LogP contribution >= 0.6 is 0 Å². The summed E-state index contributed by atoms with van der Waals surface area (Å²) in [4.78, 5) is 28.4. The monoisotopic (exact) mass is 327 g/mol. The van der Waals surface area contributed by atoms with E-state index in [1.54, 1.807) is 41.3 Å². The topological polar surface area (TPSA) is 79.8 Å². The molecule has 0 unspecified atom stereocenters. The largest absolute Gasteiger partial charge is 0.459 e. The first kappa shape index (κ1) is 16.3. The first-order valence-corrected chi connectivity index (χ1v) is 8.07. The van der Waals surface area contributed by atoms with Crippen molar-refractivity contribution in [1.29, 1.82) is 0 Å². The van der Waals surface area contributed by atoms with Crippen molar-refractivity contribution >= 4 is 17.4 Å². The summed E-state index contributed by atoms with van der Waals surface area (Å²) in [6.07, 6.45) is 1.97. The smallest absolute Gasteiger partial charge is 0.289 e. The minimum atomic E-state index is -0.0717. The van der Waals surface area contributed by atoms with Crippen LogP contribution in [0, 0.1) is 0 Å². The van der Waals surface area contributed by atoms with Gasteiger partial charge in [0.05, 0.1) is 6.26 Å². The van der Waals surface area contributed by atoms with Crippen LogP contribution in [-0.4, -0.2) is 54.2 Å². The van der Waals surface area contributed by atoms with Crippen molar-refractivity contribution in [2.45, 2.75) is 6.42 Å². The molecule has 126 valence electrons. The summed E-state index contributed by atoms with van der Waals surface area (Å²) in [5.41, 5.74) is 6.98. The van der Waals surface area contributed by atoms with Crippen LogP contribution in [-0.2, 0) is 0 Å². The maximum atomic E-state index is 12.2. The van der Waals surface area contributed by atoms with E-state index in [1.165, 1.54) is 6.26 Å². The number of hydrogen-bond donors (Lipinski definition) is 1. The fourth-order valence-corrected chi connectivity index (χ4v) is 2.80. The predicted octanol–water partition coefficient (Wildman–Crippen LogP) is 1.89. The van der Waals surface area contributed by atoms with Crippen molar-refractivity contribution in [3.63, 3.8) is 0 Å². The summed E-state index contributed by atoms with van der Waals surface area (Å²) in [5.74, 6) is 0.420. The number of nitrogens with two attached hydrogens (primary N) is 1. The number of rotatable bonds is 5. The van der Waals surface area contributed by atoms with Gasteiger partial charge in [0, 0.05) is 50.4 Å². The molecule has 1 amide bonds. The Labute approximate surface area is 140 Å². The van der Waals surface area contributed by atoms with E-state index in [2.05, 4.69) is 4.90 Å². The standard InChI is InChI=1S/C18H21N3O3/c19-15-5-3-14(4-6-15)16(22)7-8-20-9-11-21(12-10-20)18(23)17-2-1-13-24-17/h1-6,13H,7-12,19H2. The summed E-state index contributed by atoms with van der Waals surface area (Å²) in [7, 11) is 0. The average Bonchev–Trinajstić information content (AvgIpc) is 3.15. The van der Waals surface area contributed by atoms with E-state index in [-0.39, 0.29) is 11.7 Å². The minimum absolute atomic E-state index is 0.0717. The van der Waals surface area contributed by atoms with Gasteiger partial charge < -0.3 is 15.1 Å². The van der Waals surface area contributed by atoms with Crippen LogP contribution in [0.3, 0.4) is 0 Å². The summed E-state index contributed by atoms with van der Waals surface area (Å²) in [6.45, 7) is 3.53. The highest BCUT2D eigenvalue weighted by molar-refractivity contribution is 5.96. The number of nitrogen functional groups attached to an aromatic ring is 1. The molecule has 3 rings (SSSR count). The number of nitrogens with zero attached hydrogens (tertiary/aromatic N) is 2. The number of amides is 1. The van der Waals surface area contributed by atoms with Crippen molar-refractivity contribution < 1.29 is 14.0 Å². The maximum absolute atomic E-state index is 12.2.